The molecule has 2 atom stereocenters. The average Bonchev–Trinajstić information content (AvgIpc) is 3.77. The molecule has 0 amide bonds. The van der Waals surface area contributed by atoms with E-state index < -0.39 is 5.37 Å². The molecule has 1 fully saturated rings. The second kappa shape index (κ2) is 24.5. The fourth-order valence-corrected chi connectivity index (χ4v) is 10.2. The van der Waals surface area contributed by atoms with Crippen LogP contribution >= 0.6 is 47.1 Å². The van der Waals surface area contributed by atoms with E-state index in [1.807, 2.05) is 72.8 Å². The fraction of sp³-hybridized carbons (Fsp3) is 0.300. The van der Waals surface area contributed by atoms with Crippen LogP contribution in [0.5, 0.6) is 0 Å². The van der Waals surface area contributed by atoms with Crippen LogP contribution in [0, 0.1) is 0 Å². The minimum absolute atomic E-state index is 0.0531. The number of aliphatic hydroxyl groups is 1. The molecule has 0 spiro atoms. The van der Waals surface area contributed by atoms with Gasteiger partial charge in [0.1, 0.15) is 0 Å². The van der Waals surface area contributed by atoms with Gasteiger partial charge in [-0.2, -0.15) is 9.49 Å². The van der Waals surface area contributed by atoms with Crippen LogP contribution in [0.4, 0.5) is 31.9 Å². The first-order valence-electron chi connectivity index (χ1n) is 22.0. The Morgan fingerprint density at radius 1 is 0.831 bits per heavy atom. The van der Waals surface area contributed by atoms with Crippen LogP contribution in [0.25, 0.3) is 16.9 Å². The molecule has 1 saturated heterocycles. The van der Waals surface area contributed by atoms with Crippen molar-refractivity contribution in [2.45, 2.75) is 65.9 Å². The molecular formula is C50H55ClFN7O3S3. The summed E-state index contributed by atoms with van der Waals surface area (Å²) in [6, 6.07) is 40.1. The molecule has 5 aromatic carbocycles. The Morgan fingerprint density at radius 2 is 1.57 bits per heavy atom. The minimum Gasteiger partial charge on any atom is -0.393 e. The quantitative estimate of drug-likeness (QED) is 0.0161. The van der Waals surface area contributed by atoms with Crippen LogP contribution < -0.4 is 25.2 Å². The average molecular weight is 953 g/mol. The van der Waals surface area contributed by atoms with Crippen LogP contribution in [-0.2, 0) is 0 Å². The first-order valence-corrected chi connectivity index (χ1v) is 25.0. The van der Waals surface area contributed by atoms with E-state index >= 15 is 0 Å². The summed E-state index contributed by atoms with van der Waals surface area (Å²) in [6.45, 7) is 7.05. The van der Waals surface area contributed by atoms with Gasteiger partial charge < -0.3 is 30.3 Å². The highest BCUT2D eigenvalue weighted by Crippen LogP contribution is 2.36. The van der Waals surface area contributed by atoms with Crippen molar-refractivity contribution in [2.24, 2.45) is 0 Å². The number of hydrogen-bond acceptors (Lipinski definition) is 12. The summed E-state index contributed by atoms with van der Waals surface area (Å²) in [4.78, 5) is 31.2. The number of carbonyl (C=O) groups excluding carboxylic acids is 2. The molecule has 0 radical (unpaired) electrons. The molecule has 4 N–H and O–H groups in total. The minimum atomic E-state index is -1.46. The van der Waals surface area contributed by atoms with Crippen LogP contribution in [0.2, 0.25) is 5.02 Å². The smallest absolute Gasteiger partial charge is 0.364 e. The summed E-state index contributed by atoms with van der Waals surface area (Å²) in [5.41, 5.74) is 6.85. The monoisotopic (exact) mass is 951 g/mol. The molecule has 1 aliphatic heterocycles. The summed E-state index contributed by atoms with van der Waals surface area (Å²) in [5.74, 6) is 0.788. The third-order valence-corrected chi connectivity index (χ3v) is 14.1. The molecule has 6 aromatic rings. The number of nitrogens with zero attached hydrogens (tertiary/aromatic N) is 4. The number of hydrogen-bond donors (Lipinski definition) is 4. The molecular weight excluding hydrogens is 897 g/mol. The summed E-state index contributed by atoms with van der Waals surface area (Å²) < 4.78 is 19.2. The van der Waals surface area contributed by atoms with Crippen molar-refractivity contribution < 1.29 is 19.1 Å². The summed E-state index contributed by atoms with van der Waals surface area (Å²) in [7, 11) is 0. The van der Waals surface area contributed by atoms with Gasteiger partial charge in [-0.1, -0.05) is 55.3 Å². The van der Waals surface area contributed by atoms with Gasteiger partial charge in [0.25, 0.3) is 0 Å². The van der Waals surface area contributed by atoms with Crippen molar-refractivity contribution in [2.75, 3.05) is 64.9 Å². The molecule has 1 aliphatic rings. The molecule has 15 heteroatoms. The van der Waals surface area contributed by atoms with Gasteiger partial charge in [0.05, 0.1) is 29.2 Å². The predicted octanol–water partition coefficient (Wildman–Crippen LogP) is 12.1. The van der Waals surface area contributed by atoms with Crippen molar-refractivity contribution >= 4 is 81.5 Å². The van der Waals surface area contributed by atoms with Crippen LogP contribution in [0.1, 0.15) is 49.4 Å². The zero-order valence-corrected chi connectivity index (χ0v) is 39.6. The van der Waals surface area contributed by atoms with E-state index in [1.165, 1.54) is 16.8 Å². The first-order chi connectivity index (χ1) is 31.8. The number of thioether (sulfide) groups is 2. The first kappa shape index (κ1) is 48.0. The molecule has 2 heterocycles. The van der Waals surface area contributed by atoms with Crippen LogP contribution in [0.15, 0.2) is 142 Å². The lowest BCUT2D eigenvalue weighted by Crippen LogP contribution is -2.46. The van der Waals surface area contributed by atoms with E-state index in [1.54, 1.807) is 22.6 Å². The highest BCUT2D eigenvalue weighted by atomic mass is 35.5. The second-order valence-electron chi connectivity index (χ2n) is 15.8. The van der Waals surface area contributed by atoms with Gasteiger partial charge >= 0.3 is 5.37 Å². The standard InChI is InChI=1S/C50H55ClFN7O3S3/c1-2-8-44(61)11-7-25-53-26-24-40(35-63-45-12-4-3-5-13-45)55-47-23-22-46(32-48(47)64-50(52)62)65-56-39-16-20-41(21-17-39)57-27-29-58(30-28-57)43-10-6-9-36(31-43)49-37(34-60)33-54-59(49)42-18-14-38(51)15-19-42/h3-6,9-10,12-23,31-34,40,44,53,55-56,61H,2,7-8,11,24-30,35H2,1H3/t40-,44?/m1/s1. The summed E-state index contributed by atoms with van der Waals surface area (Å²) in [6.07, 6.45) is 6.55. The molecule has 0 saturated carbocycles. The fourth-order valence-electron chi connectivity index (χ4n) is 7.77. The third-order valence-electron chi connectivity index (χ3n) is 11.2. The number of aliphatic hydroxyl groups excluding tert-OH is 1. The van der Waals surface area contributed by atoms with Crippen LogP contribution in [-0.4, -0.2) is 83.7 Å². The number of benzene rings is 5. The highest BCUT2D eigenvalue weighted by Gasteiger charge is 2.21. The number of piperazine rings is 1. The molecule has 1 unspecified atom stereocenters. The molecule has 340 valence electrons. The zero-order chi connectivity index (χ0) is 45.4. The summed E-state index contributed by atoms with van der Waals surface area (Å²) in [5, 5.41) is 20.9. The number of carbonyl (C=O) groups is 2. The Kier molecular flexibility index (Phi) is 18.1. The van der Waals surface area contributed by atoms with Gasteiger partial charge in [-0.05, 0) is 153 Å². The van der Waals surface area contributed by atoms with Gasteiger partial charge in [-0.3, -0.25) is 4.79 Å². The van der Waals surface area contributed by atoms with E-state index in [4.69, 9.17) is 11.6 Å². The van der Waals surface area contributed by atoms with Gasteiger partial charge in [0.2, 0.25) is 0 Å². The zero-order valence-electron chi connectivity index (χ0n) is 36.4. The number of aromatic nitrogens is 2. The van der Waals surface area contributed by atoms with E-state index in [2.05, 4.69) is 85.7 Å². The van der Waals surface area contributed by atoms with Crippen molar-refractivity contribution in [3.63, 3.8) is 0 Å². The van der Waals surface area contributed by atoms with Crippen molar-refractivity contribution in [1.29, 1.82) is 0 Å². The van der Waals surface area contributed by atoms with E-state index in [0.29, 0.717) is 27.2 Å². The Labute approximate surface area is 399 Å². The predicted molar refractivity (Wildman–Crippen MR) is 271 cm³/mol. The SMILES string of the molecule is CCCC(O)CCCNCC[C@H](CSc1ccccc1)Nc1ccc(SNc2ccc(N3CCN(c4cccc(-c5c(C=O)cnn5-c5ccc(Cl)cc5)c4)CC3)cc2)cc1SC(=O)F. The Hall–Kier alpha value is -4.96. The third kappa shape index (κ3) is 14.0. The van der Waals surface area contributed by atoms with Gasteiger partial charge in [-0.25, -0.2) is 9.48 Å². The van der Waals surface area contributed by atoms with Gasteiger partial charge in [0.15, 0.2) is 6.29 Å². The maximum atomic E-state index is 14.0. The number of anilines is 4. The van der Waals surface area contributed by atoms with Gasteiger partial charge in [0, 0.05) is 86.0 Å². The Balaban J connectivity index is 0.933. The topological polar surface area (TPSA) is 115 Å². The van der Waals surface area contributed by atoms with E-state index in [0.717, 1.165) is 128 Å². The van der Waals surface area contributed by atoms with Gasteiger partial charge in [-0.15, -0.1) is 11.8 Å². The Morgan fingerprint density at radius 3 is 2.29 bits per heavy atom. The lowest BCUT2D eigenvalue weighted by Gasteiger charge is -2.37. The van der Waals surface area contributed by atoms with Crippen molar-refractivity contribution in [3.05, 3.63) is 138 Å². The molecule has 0 bridgehead atoms. The maximum Gasteiger partial charge on any atom is 0.364 e. The highest BCUT2D eigenvalue weighted by molar-refractivity contribution is 8.13. The molecule has 10 nitrogen and oxygen atoms in total. The van der Waals surface area contributed by atoms with Crippen molar-refractivity contribution in [1.82, 2.24) is 15.1 Å². The van der Waals surface area contributed by atoms with Crippen molar-refractivity contribution in [3.8, 4) is 16.9 Å². The largest absolute Gasteiger partial charge is 0.393 e. The van der Waals surface area contributed by atoms with E-state index in [9.17, 15) is 19.1 Å². The Bertz CT molecular complexity index is 2440. The normalized spacial score (nSPS) is 13.7. The lowest BCUT2D eigenvalue weighted by molar-refractivity contribution is 0.112. The number of rotatable bonds is 23. The molecule has 65 heavy (non-hydrogen) atoms. The second-order valence-corrected chi connectivity index (χ2v) is 19.2. The number of nitrogens with one attached hydrogen (secondary N) is 3. The number of aldehydes is 1. The molecule has 0 aliphatic carbocycles. The maximum absolute atomic E-state index is 14.0. The lowest BCUT2D eigenvalue weighted by atomic mass is 10.1. The summed E-state index contributed by atoms with van der Waals surface area (Å²) >= 11 is 9.90. The molecule has 7 rings (SSSR count). The molecule has 1 aromatic heterocycles. The van der Waals surface area contributed by atoms with Crippen LogP contribution in [0.3, 0.4) is 0 Å². The van der Waals surface area contributed by atoms with E-state index in [-0.39, 0.29) is 12.1 Å². The number of halogens is 2.